The number of carbonyl (C=O) groups is 1. The number of halogens is 3. The van der Waals surface area contributed by atoms with E-state index in [1.807, 2.05) is 13.8 Å². The molecule has 0 saturated carbocycles. The van der Waals surface area contributed by atoms with Crippen molar-refractivity contribution < 1.29 is 22.7 Å². The van der Waals surface area contributed by atoms with Crippen molar-refractivity contribution in [2.45, 2.75) is 70.8 Å². The van der Waals surface area contributed by atoms with Gasteiger partial charge < -0.3 is 9.30 Å². The number of esters is 1. The molecule has 3 atom stereocenters. The Morgan fingerprint density at radius 1 is 1.22 bits per heavy atom. The van der Waals surface area contributed by atoms with Crippen LogP contribution in [0.25, 0.3) is 0 Å². The van der Waals surface area contributed by atoms with Crippen molar-refractivity contribution >= 4 is 5.97 Å². The van der Waals surface area contributed by atoms with E-state index >= 15 is 0 Å². The van der Waals surface area contributed by atoms with Crippen LogP contribution in [0.3, 0.4) is 0 Å². The van der Waals surface area contributed by atoms with Crippen molar-refractivity contribution in [3.8, 4) is 0 Å². The highest BCUT2D eigenvalue weighted by molar-refractivity contribution is 5.74. The molecule has 3 heterocycles. The molecule has 2 aliphatic heterocycles. The predicted molar refractivity (Wildman–Crippen MR) is 116 cm³/mol. The predicted octanol–water partition coefficient (Wildman–Crippen LogP) is 3.34. The second-order valence-corrected chi connectivity index (χ2v) is 9.41. The van der Waals surface area contributed by atoms with Crippen molar-refractivity contribution in [3.05, 3.63) is 33.7 Å². The monoisotopic (exact) mass is 457 g/mol. The van der Waals surface area contributed by atoms with Crippen LogP contribution in [-0.2, 0) is 22.1 Å². The number of alkyl halides is 3. The largest absolute Gasteiger partial charge is 0.464 e. The van der Waals surface area contributed by atoms with E-state index in [2.05, 4.69) is 16.8 Å². The minimum absolute atomic E-state index is 0.0430. The van der Waals surface area contributed by atoms with Crippen LogP contribution in [0.4, 0.5) is 13.2 Å². The van der Waals surface area contributed by atoms with Crippen LogP contribution in [0.1, 0.15) is 57.2 Å². The SMILES string of the molecule is CCOC(=O)C(CC(C)C)n1cc(CCN2CC3CCC(C2)N3C)c(C(F)(F)F)cc1=O. The van der Waals surface area contributed by atoms with E-state index < -0.39 is 29.3 Å². The molecule has 1 aromatic rings. The first kappa shape index (κ1) is 24.8. The molecule has 0 spiro atoms. The number of rotatable bonds is 8. The van der Waals surface area contributed by atoms with Gasteiger partial charge in [0.25, 0.3) is 5.56 Å². The summed E-state index contributed by atoms with van der Waals surface area (Å²) in [5.74, 6) is -0.535. The molecule has 2 bridgehead atoms. The molecule has 0 radical (unpaired) electrons. The average Bonchev–Trinajstić information content (AvgIpc) is 2.91. The Labute approximate surface area is 187 Å². The summed E-state index contributed by atoms with van der Waals surface area (Å²) in [5, 5.41) is 0. The van der Waals surface area contributed by atoms with Crippen LogP contribution in [0.15, 0.2) is 17.1 Å². The number of fused-ring (bicyclic) bond motifs is 2. The third kappa shape index (κ3) is 5.54. The lowest BCUT2D eigenvalue weighted by atomic mass is 10.0. The summed E-state index contributed by atoms with van der Waals surface area (Å²) in [4.78, 5) is 29.8. The van der Waals surface area contributed by atoms with Gasteiger partial charge in [0, 0.05) is 44.0 Å². The molecular formula is C23H34F3N3O3. The Morgan fingerprint density at radius 2 is 1.84 bits per heavy atom. The number of piperazine rings is 1. The van der Waals surface area contributed by atoms with Crippen LogP contribution >= 0.6 is 0 Å². The van der Waals surface area contributed by atoms with Gasteiger partial charge in [-0.15, -0.1) is 0 Å². The normalized spacial score (nSPS) is 23.0. The number of pyridine rings is 1. The minimum Gasteiger partial charge on any atom is -0.464 e. The van der Waals surface area contributed by atoms with E-state index in [-0.39, 0.29) is 24.5 Å². The van der Waals surface area contributed by atoms with Gasteiger partial charge in [0.15, 0.2) is 0 Å². The molecular weight excluding hydrogens is 423 g/mol. The van der Waals surface area contributed by atoms with Crippen molar-refractivity contribution in [3.63, 3.8) is 0 Å². The van der Waals surface area contributed by atoms with E-state index in [1.54, 1.807) is 6.92 Å². The standard InChI is InChI=1S/C23H34F3N3O3/c1-5-32-22(31)20(10-15(2)3)29-12-16(19(11-21(29)30)23(24,25)26)8-9-28-13-17-6-7-18(14-28)27(17)4/h11-12,15,17-18,20H,5-10,13-14H2,1-4H3. The molecule has 0 N–H and O–H groups in total. The number of hydrogen-bond acceptors (Lipinski definition) is 5. The van der Waals surface area contributed by atoms with Gasteiger partial charge in [-0.3, -0.25) is 14.6 Å². The molecule has 6 nitrogen and oxygen atoms in total. The van der Waals surface area contributed by atoms with Gasteiger partial charge in [0.2, 0.25) is 0 Å². The minimum atomic E-state index is -4.63. The Kier molecular flexibility index (Phi) is 7.70. The molecule has 32 heavy (non-hydrogen) atoms. The summed E-state index contributed by atoms with van der Waals surface area (Å²) in [6.45, 7) is 7.75. The van der Waals surface area contributed by atoms with Gasteiger partial charge in [0.1, 0.15) is 6.04 Å². The zero-order valence-corrected chi connectivity index (χ0v) is 19.3. The van der Waals surface area contributed by atoms with Crippen molar-refractivity contribution in [1.82, 2.24) is 14.4 Å². The molecule has 3 unspecified atom stereocenters. The highest BCUT2D eigenvalue weighted by Crippen LogP contribution is 2.33. The highest BCUT2D eigenvalue weighted by Gasteiger charge is 2.38. The molecule has 1 aromatic heterocycles. The molecule has 0 aliphatic carbocycles. The van der Waals surface area contributed by atoms with Crippen molar-refractivity contribution in [2.24, 2.45) is 5.92 Å². The van der Waals surface area contributed by atoms with Crippen molar-refractivity contribution in [2.75, 3.05) is 33.3 Å². The third-order valence-electron chi connectivity index (χ3n) is 6.68. The van der Waals surface area contributed by atoms with Crippen LogP contribution in [0, 0.1) is 5.92 Å². The lowest BCUT2D eigenvalue weighted by Crippen LogP contribution is -2.52. The zero-order chi connectivity index (χ0) is 23.6. The first-order valence-electron chi connectivity index (χ1n) is 11.4. The quantitative estimate of drug-likeness (QED) is 0.561. The average molecular weight is 458 g/mol. The van der Waals surface area contributed by atoms with Gasteiger partial charge in [-0.2, -0.15) is 13.2 Å². The fraction of sp³-hybridized carbons (Fsp3) is 0.739. The Bertz CT molecular complexity index is 854. The molecule has 2 aliphatic rings. The smallest absolute Gasteiger partial charge is 0.416 e. The lowest BCUT2D eigenvalue weighted by Gasteiger charge is -2.39. The van der Waals surface area contributed by atoms with Gasteiger partial charge in [-0.05, 0) is 51.1 Å². The first-order chi connectivity index (χ1) is 15.0. The summed E-state index contributed by atoms with van der Waals surface area (Å²) in [6, 6.07) is 0.589. The number of likely N-dealkylation sites (N-methyl/N-ethyl adjacent to an activating group) is 1. The number of ether oxygens (including phenoxy) is 1. The first-order valence-corrected chi connectivity index (χ1v) is 11.4. The van der Waals surface area contributed by atoms with Crippen LogP contribution in [0.5, 0.6) is 0 Å². The molecule has 9 heteroatoms. The Hall–Kier alpha value is -1.87. The van der Waals surface area contributed by atoms with E-state index in [4.69, 9.17) is 4.74 Å². The number of hydrogen-bond donors (Lipinski definition) is 0. The summed E-state index contributed by atoms with van der Waals surface area (Å²) in [7, 11) is 2.11. The van der Waals surface area contributed by atoms with E-state index in [0.29, 0.717) is 31.1 Å². The Balaban J connectivity index is 1.89. The summed E-state index contributed by atoms with van der Waals surface area (Å²) >= 11 is 0. The number of nitrogens with zero attached hydrogens (tertiary/aromatic N) is 3. The molecule has 3 rings (SSSR count). The van der Waals surface area contributed by atoms with Crippen LogP contribution < -0.4 is 5.56 Å². The molecule has 180 valence electrons. The van der Waals surface area contributed by atoms with Gasteiger partial charge in [-0.25, -0.2) is 4.79 Å². The maximum absolute atomic E-state index is 13.7. The van der Waals surface area contributed by atoms with E-state index in [9.17, 15) is 22.8 Å². The lowest BCUT2D eigenvalue weighted by molar-refractivity contribution is -0.147. The second-order valence-electron chi connectivity index (χ2n) is 9.41. The summed E-state index contributed by atoms with van der Waals surface area (Å²) in [6.07, 6.45) is -0.688. The molecule has 2 saturated heterocycles. The summed E-state index contributed by atoms with van der Waals surface area (Å²) in [5.41, 5.74) is -1.71. The fourth-order valence-electron chi connectivity index (χ4n) is 4.97. The number of likely N-dealkylation sites (tertiary alicyclic amines) is 1. The van der Waals surface area contributed by atoms with E-state index in [1.165, 1.54) is 6.20 Å². The Morgan fingerprint density at radius 3 is 2.38 bits per heavy atom. The fourth-order valence-corrected chi connectivity index (χ4v) is 4.97. The number of carbonyl (C=O) groups excluding carboxylic acids is 1. The second kappa shape index (κ2) is 9.95. The molecule has 0 amide bonds. The van der Waals surface area contributed by atoms with Crippen LogP contribution in [0.2, 0.25) is 0 Å². The number of aromatic nitrogens is 1. The van der Waals surface area contributed by atoms with Gasteiger partial charge >= 0.3 is 12.1 Å². The topological polar surface area (TPSA) is 54.8 Å². The zero-order valence-electron chi connectivity index (χ0n) is 19.3. The maximum atomic E-state index is 13.7. The molecule has 0 aromatic carbocycles. The maximum Gasteiger partial charge on any atom is 0.416 e. The highest BCUT2D eigenvalue weighted by atomic mass is 19.4. The van der Waals surface area contributed by atoms with Crippen LogP contribution in [-0.4, -0.2) is 65.7 Å². The van der Waals surface area contributed by atoms with Crippen molar-refractivity contribution in [1.29, 1.82) is 0 Å². The van der Waals surface area contributed by atoms with Gasteiger partial charge in [-0.1, -0.05) is 13.8 Å². The van der Waals surface area contributed by atoms with Gasteiger partial charge in [0.05, 0.1) is 12.2 Å². The third-order valence-corrected chi connectivity index (χ3v) is 6.68. The summed E-state index contributed by atoms with van der Waals surface area (Å²) < 4.78 is 47.5. The van der Waals surface area contributed by atoms with E-state index in [0.717, 1.165) is 30.5 Å². The molecule has 2 fully saturated rings.